The Balaban J connectivity index is 2.29. The van der Waals surface area contributed by atoms with Crippen molar-refractivity contribution in [2.24, 2.45) is 0 Å². The van der Waals surface area contributed by atoms with Gasteiger partial charge in [0, 0.05) is 12.3 Å². The summed E-state index contributed by atoms with van der Waals surface area (Å²) in [6, 6.07) is 9.52. The van der Waals surface area contributed by atoms with Gasteiger partial charge in [0.2, 0.25) is 0 Å². The van der Waals surface area contributed by atoms with Crippen LogP contribution in [-0.4, -0.2) is 26.0 Å². The minimum Gasteiger partial charge on any atom is -0.256 e. The van der Waals surface area contributed by atoms with Gasteiger partial charge in [0.15, 0.2) is 9.84 Å². The highest BCUT2D eigenvalue weighted by atomic mass is 32.2. The summed E-state index contributed by atoms with van der Waals surface area (Å²) in [6.07, 6.45) is 0. The SMILES string of the molecule is CCS(=O)(=O)C1CNNC1c1ccccc1. The highest BCUT2D eigenvalue weighted by Crippen LogP contribution is 2.24. The molecule has 1 heterocycles. The molecule has 88 valence electrons. The number of benzene rings is 1. The van der Waals surface area contributed by atoms with Gasteiger partial charge in [-0.3, -0.25) is 5.43 Å². The van der Waals surface area contributed by atoms with Gasteiger partial charge in [-0.15, -0.1) is 0 Å². The second-order valence-electron chi connectivity index (χ2n) is 3.90. The molecule has 5 heteroatoms. The minimum atomic E-state index is -3.02. The maximum Gasteiger partial charge on any atom is 0.156 e. The third-order valence-corrected chi connectivity index (χ3v) is 5.12. The largest absolute Gasteiger partial charge is 0.256 e. The summed E-state index contributed by atoms with van der Waals surface area (Å²) < 4.78 is 23.8. The first-order chi connectivity index (χ1) is 7.65. The zero-order chi connectivity index (χ0) is 11.6. The zero-order valence-corrected chi connectivity index (χ0v) is 10.00. The smallest absolute Gasteiger partial charge is 0.156 e. The quantitative estimate of drug-likeness (QED) is 0.814. The van der Waals surface area contributed by atoms with Crippen LogP contribution in [-0.2, 0) is 9.84 Å². The third kappa shape index (κ3) is 2.11. The topological polar surface area (TPSA) is 58.2 Å². The van der Waals surface area contributed by atoms with Crippen molar-refractivity contribution in [2.75, 3.05) is 12.3 Å². The average molecular weight is 240 g/mol. The molecule has 2 N–H and O–H groups in total. The Hall–Kier alpha value is -0.910. The van der Waals surface area contributed by atoms with Gasteiger partial charge in [0.1, 0.15) is 0 Å². The van der Waals surface area contributed by atoms with Gasteiger partial charge >= 0.3 is 0 Å². The molecule has 0 saturated carbocycles. The van der Waals surface area contributed by atoms with E-state index in [4.69, 9.17) is 0 Å². The maximum absolute atomic E-state index is 11.9. The fraction of sp³-hybridized carbons (Fsp3) is 0.455. The monoisotopic (exact) mass is 240 g/mol. The molecule has 0 spiro atoms. The van der Waals surface area contributed by atoms with Crippen LogP contribution in [0.25, 0.3) is 0 Å². The van der Waals surface area contributed by atoms with Crippen molar-refractivity contribution in [3.63, 3.8) is 0 Å². The highest BCUT2D eigenvalue weighted by Gasteiger charge is 2.36. The van der Waals surface area contributed by atoms with Crippen molar-refractivity contribution in [3.05, 3.63) is 35.9 Å². The minimum absolute atomic E-state index is 0.147. The van der Waals surface area contributed by atoms with Crippen LogP contribution < -0.4 is 10.9 Å². The molecule has 1 saturated heterocycles. The number of hydrogen-bond donors (Lipinski definition) is 2. The lowest BCUT2D eigenvalue weighted by molar-refractivity contribution is 0.554. The van der Waals surface area contributed by atoms with Crippen molar-refractivity contribution in [3.8, 4) is 0 Å². The molecular weight excluding hydrogens is 224 g/mol. The first kappa shape index (κ1) is 11.6. The fourth-order valence-corrected chi connectivity index (χ4v) is 3.39. The molecule has 2 unspecified atom stereocenters. The van der Waals surface area contributed by atoms with E-state index >= 15 is 0 Å². The molecule has 1 aliphatic heterocycles. The van der Waals surface area contributed by atoms with Crippen LogP contribution in [0.1, 0.15) is 18.5 Å². The lowest BCUT2D eigenvalue weighted by Crippen LogP contribution is -2.31. The van der Waals surface area contributed by atoms with Gasteiger partial charge in [0.05, 0.1) is 11.3 Å². The van der Waals surface area contributed by atoms with E-state index in [1.54, 1.807) is 6.92 Å². The molecule has 0 aromatic heterocycles. The molecular formula is C11H16N2O2S. The highest BCUT2D eigenvalue weighted by molar-refractivity contribution is 7.92. The number of sulfone groups is 1. The van der Waals surface area contributed by atoms with Crippen LogP contribution >= 0.6 is 0 Å². The molecule has 1 aromatic rings. The van der Waals surface area contributed by atoms with Gasteiger partial charge in [-0.25, -0.2) is 13.8 Å². The van der Waals surface area contributed by atoms with E-state index in [0.29, 0.717) is 6.54 Å². The molecule has 4 nitrogen and oxygen atoms in total. The van der Waals surface area contributed by atoms with E-state index in [9.17, 15) is 8.42 Å². The van der Waals surface area contributed by atoms with Crippen LogP contribution in [0.4, 0.5) is 0 Å². The van der Waals surface area contributed by atoms with Crippen LogP contribution in [0.2, 0.25) is 0 Å². The van der Waals surface area contributed by atoms with Crippen molar-refractivity contribution < 1.29 is 8.42 Å². The van der Waals surface area contributed by atoms with E-state index in [-0.39, 0.29) is 17.0 Å². The summed E-state index contributed by atoms with van der Waals surface area (Å²) in [5.74, 6) is 0.185. The number of rotatable bonds is 3. The van der Waals surface area contributed by atoms with Crippen molar-refractivity contribution in [2.45, 2.75) is 18.2 Å². The van der Waals surface area contributed by atoms with Crippen molar-refractivity contribution >= 4 is 9.84 Å². The maximum atomic E-state index is 11.9. The summed E-state index contributed by atoms with van der Waals surface area (Å²) in [5, 5.41) is -0.375. The number of nitrogens with one attached hydrogen (secondary N) is 2. The van der Waals surface area contributed by atoms with E-state index in [2.05, 4.69) is 10.9 Å². The van der Waals surface area contributed by atoms with Crippen LogP contribution in [0.3, 0.4) is 0 Å². The Bertz CT molecular complexity index is 444. The molecule has 0 amide bonds. The molecule has 16 heavy (non-hydrogen) atoms. The van der Waals surface area contributed by atoms with E-state index in [0.717, 1.165) is 5.56 Å². The Morgan fingerprint density at radius 3 is 2.62 bits per heavy atom. The van der Waals surface area contributed by atoms with Crippen LogP contribution in [0.5, 0.6) is 0 Å². The van der Waals surface area contributed by atoms with E-state index in [1.165, 1.54) is 0 Å². The zero-order valence-electron chi connectivity index (χ0n) is 9.18. The molecule has 1 fully saturated rings. The predicted molar refractivity (Wildman–Crippen MR) is 63.6 cm³/mol. The lowest BCUT2D eigenvalue weighted by atomic mass is 10.1. The van der Waals surface area contributed by atoms with Gasteiger partial charge in [-0.2, -0.15) is 0 Å². The number of hydrogen-bond acceptors (Lipinski definition) is 4. The second-order valence-corrected chi connectivity index (χ2v) is 6.41. The lowest BCUT2D eigenvalue weighted by Gasteiger charge is -2.18. The van der Waals surface area contributed by atoms with E-state index in [1.807, 2.05) is 30.3 Å². The fourth-order valence-electron chi connectivity index (χ4n) is 1.99. The average Bonchev–Trinajstić information content (AvgIpc) is 2.80. The molecule has 0 aliphatic carbocycles. The van der Waals surface area contributed by atoms with Gasteiger partial charge in [-0.05, 0) is 5.56 Å². The Kier molecular flexibility index (Phi) is 3.28. The normalized spacial score (nSPS) is 25.8. The summed E-state index contributed by atoms with van der Waals surface area (Å²) in [7, 11) is -3.02. The molecule has 2 atom stereocenters. The Morgan fingerprint density at radius 2 is 2.00 bits per heavy atom. The first-order valence-corrected chi connectivity index (χ1v) is 7.11. The Morgan fingerprint density at radius 1 is 1.31 bits per heavy atom. The van der Waals surface area contributed by atoms with Crippen molar-refractivity contribution in [1.29, 1.82) is 0 Å². The van der Waals surface area contributed by atoms with E-state index < -0.39 is 9.84 Å². The second kappa shape index (κ2) is 4.53. The summed E-state index contributed by atoms with van der Waals surface area (Å²) >= 11 is 0. The van der Waals surface area contributed by atoms with Gasteiger partial charge in [0.25, 0.3) is 0 Å². The number of hydrazine groups is 1. The Labute approximate surface area is 95.9 Å². The van der Waals surface area contributed by atoms with Crippen LogP contribution in [0.15, 0.2) is 30.3 Å². The molecule has 1 aliphatic rings. The summed E-state index contributed by atoms with van der Waals surface area (Å²) in [5.41, 5.74) is 6.98. The first-order valence-electron chi connectivity index (χ1n) is 5.40. The third-order valence-electron chi connectivity index (χ3n) is 2.95. The summed E-state index contributed by atoms with van der Waals surface area (Å²) in [6.45, 7) is 2.16. The molecule has 0 bridgehead atoms. The molecule has 0 radical (unpaired) electrons. The molecule has 1 aromatic carbocycles. The van der Waals surface area contributed by atoms with Gasteiger partial charge in [-0.1, -0.05) is 37.3 Å². The van der Waals surface area contributed by atoms with Gasteiger partial charge < -0.3 is 0 Å². The van der Waals surface area contributed by atoms with Crippen LogP contribution in [0, 0.1) is 0 Å². The summed E-state index contributed by atoms with van der Waals surface area (Å²) in [4.78, 5) is 0. The van der Waals surface area contributed by atoms with Crippen molar-refractivity contribution in [1.82, 2.24) is 10.9 Å². The predicted octanol–water partition coefficient (Wildman–Crippen LogP) is 0.639. The standard InChI is InChI=1S/C11H16N2O2S/c1-2-16(14,15)10-8-12-13-11(10)9-6-4-3-5-7-9/h3-7,10-13H,2,8H2,1H3. The molecule has 2 rings (SSSR count).